The van der Waals surface area contributed by atoms with E-state index in [2.05, 4.69) is 10.6 Å². The highest BCUT2D eigenvalue weighted by molar-refractivity contribution is 5.81. The monoisotopic (exact) mass is 736 g/mol. The predicted octanol–water partition coefficient (Wildman–Crippen LogP) is -1.13. The van der Waals surface area contributed by atoms with Gasteiger partial charge < -0.3 is 69.7 Å². The molecule has 11 atom stereocenters. The van der Waals surface area contributed by atoms with Crippen LogP contribution in [-0.4, -0.2) is 136 Å². The molecule has 0 spiro atoms. The minimum atomic E-state index is -1.77. The van der Waals surface area contributed by atoms with Crippen molar-refractivity contribution in [2.24, 2.45) is 5.92 Å². The van der Waals surface area contributed by atoms with E-state index in [1.165, 1.54) is 19.2 Å². The average molecular weight is 737 g/mol. The molecule has 0 unspecified atom stereocenters. The van der Waals surface area contributed by atoms with Gasteiger partial charge in [0.1, 0.15) is 61.1 Å². The van der Waals surface area contributed by atoms with Gasteiger partial charge in [0, 0.05) is 12.8 Å². The van der Waals surface area contributed by atoms with E-state index in [9.17, 15) is 45.0 Å². The minimum absolute atomic E-state index is 0.00397. The Morgan fingerprint density at radius 1 is 0.808 bits per heavy atom. The summed E-state index contributed by atoms with van der Waals surface area (Å²) in [7, 11) is 1.19. The van der Waals surface area contributed by atoms with Crippen molar-refractivity contribution in [2.45, 2.75) is 101 Å². The average Bonchev–Trinajstić information content (AvgIpc) is 3.13. The van der Waals surface area contributed by atoms with Crippen LogP contribution in [-0.2, 0) is 46.3 Å². The van der Waals surface area contributed by atoms with Gasteiger partial charge in [0.25, 0.3) is 0 Å². The predicted molar refractivity (Wildman–Crippen MR) is 178 cm³/mol. The van der Waals surface area contributed by atoms with Crippen LogP contribution in [0, 0.1) is 5.92 Å². The summed E-state index contributed by atoms with van der Waals surface area (Å²) in [6.07, 6.45) is -14.7. The highest BCUT2D eigenvalue weighted by Gasteiger charge is 2.51. The summed E-state index contributed by atoms with van der Waals surface area (Å²) in [6, 6.07) is 12.9. The standard InChI is InChI=1S/C35H48N2O15/c1-18(2)13-25(40)37-26-23(15-38)50-34(29(43)27(26)41)52-31-24(16-39)51-33(30(44)28(31)42)49-21-11-9-19(10-12-21)14-22(32(45)47-3)36-35(46)48-17-20-7-5-4-6-8-20/h4-12,18,22-24,26-31,33-34,38-39,41-44H,13-17H2,1-3H3,(H,36,46)(H,37,40)/t22-,23-,24-,26-,27+,28-,29+,30+,31-,33+,34-/m1/s1. The molecule has 17 heteroatoms. The fourth-order valence-corrected chi connectivity index (χ4v) is 5.78. The van der Waals surface area contributed by atoms with Crippen molar-refractivity contribution < 1.29 is 73.4 Å². The number of esters is 1. The molecule has 2 amide bonds. The molecule has 2 saturated heterocycles. The van der Waals surface area contributed by atoms with Gasteiger partial charge in [0.05, 0.1) is 26.4 Å². The van der Waals surface area contributed by atoms with Crippen molar-refractivity contribution in [2.75, 3.05) is 20.3 Å². The number of carbonyl (C=O) groups is 3. The SMILES string of the molecule is COC(=O)[C@@H](Cc1ccc(O[C@H]2O[C@H](CO)[C@@H](O[C@H]3O[C@H](CO)[C@@H](NC(=O)CC(C)C)[C@H](O)[C@@H]3O)[C@H](O)[C@@H]2O)cc1)NC(=O)OCc1ccccc1. The molecule has 0 aromatic heterocycles. The number of hydrogen-bond acceptors (Lipinski definition) is 15. The summed E-state index contributed by atoms with van der Waals surface area (Å²) >= 11 is 0. The maximum Gasteiger partial charge on any atom is 0.408 e. The van der Waals surface area contributed by atoms with Crippen LogP contribution in [0.2, 0.25) is 0 Å². The number of rotatable bonds is 15. The zero-order chi connectivity index (χ0) is 37.9. The summed E-state index contributed by atoms with van der Waals surface area (Å²) in [5.74, 6) is -0.939. The van der Waals surface area contributed by atoms with Gasteiger partial charge in [-0.15, -0.1) is 0 Å². The summed E-state index contributed by atoms with van der Waals surface area (Å²) in [4.78, 5) is 37.1. The number of aliphatic hydroxyl groups excluding tert-OH is 6. The number of alkyl carbamates (subject to hydrolysis) is 1. The van der Waals surface area contributed by atoms with Gasteiger partial charge in [-0.2, -0.15) is 0 Å². The van der Waals surface area contributed by atoms with Gasteiger partial charge >= 0.3 is 12.1 Å². The molecule has 2 aliphatic rings. The summed E-state index contributed by atoms with van der Waals surface area (Å²) < 4.78 is 32.8. The van der Waals surface area contributed by atoms with Crippen molar-refractivity contribution in [3.63, 3.8) is 0 Å². The Hall–Kier alpha value is -3.91. The number of amides is 2. The molecule has 288 valence electrons. The molecule has 0 saturated carbocycles. The van der Waals surface area contributed by atoms with E-state index in [1.807, 2.05) is 19.9 Å². The molecular weight excluding hydrogens is 688 g/mol. The Morgan fingerprint density at radius 2 is 1.44 bits per heavy atom. The third-order valence-electron chi connectivity index (χ3n) is 8.53. The zero-order valence-electron chi connectivity index (χ0n) is 29.0. The van der Waals surface area contributed by atoms with Crippen molar-refractivity contribution >= 4 is 18.0 Å². The second-order valence-corrected chi connectivity index (χ2v) is 13.0. The van der Waals surface area contributed by atoms with E-state index >= 15 is 0 Å². The Morgan fingerprint density at radius 3 is 2.06 bits per heavy atom. The van der Waals surface area contributed by atoms with E-state index in [4.69, 9.17) is 28.4 Å². The van der Waals surface area contributed by atoms with Crippen LogP contribution >= 0.6 is 0 Å². The molecule has 2 fully saturated rings. The second kappa shape index (κ2) is 19.2. The maximum absolute atomic E-state index is 12.4. The third kappa shape index (κ3) is 10.8. The molecule has 52 heavy (non-hydrogen) atoms. The summed E-state index contributed by atoms with van der Waals surface area (Å²) in [6.45, 7) is 2.26. The molecule has 0 radical (unpaired) electrons. The Labute approximate surface area is 300 Å². The number of ether oxygens (including phenoxy) is 6. The highest BCUT2D eigenvalue weighted by Crippen LogP contribution is 2.30. The zero-order valence-corrected chi connectivity index (χ0v) is 29.0. The Kier molecular flexibility index (Phi) is 15.1. The van der Waals surface area contributed by atoms with E-state index in [0.717, 1.165) is 5.56 Å². The van der Waals surface area contributed by atoms with E-state index in [-0.39, 0.29) is 31.1 Å². The molecule has 2 aromatic carbocycles. The van der Waals surface area contributed by atoms with Crippen LogP contribution in [0.4, 0.5) is 4.79 Å². The van der Waals surface area contributed by atoms with E-state index in [1.54, 1.807) is 36.4 Å². The molecule has 2 aliphatic heterocycles. The quantitative estimate of drug-likeness (QED) is 0.101. The van der Waals surface area contributed by atoms with Crippen molar-refractivity contribution in [3.8, 4) is 5.75 Å². The molecule has 8 N–H and O–H groups in total. The largest absolute Gasteiger partial charge is 0.467 e. The van der Waals surface area contributed by atoms with Crippen LogP contribution in [0.15, 0.2) is 54.6 Å². The normalized spacial score (nSPS) is 29.5. The first-order chi connectivity index (χ1) is 24.8. The highest BCUT2D eigenvalue weighted by atomic mass is 16.7. The van der Waals surface area contributed by atoms with Crippen LogP contribution in [0.3, 0.4) is 0 Å². The first-order valence-corrected chi connectivity index (χ1v) is 16.8. The van der Waals surface area contributed by atoms with Gasteiger partial charge in [-0.3, -0.25) is 4.79 Å². The smallest absolute Gasteiger partial charge is 0.408 e. The lowest BCUT2D eigenvalue weighted by Gasteiger charge is -2.46. The first-order valence-electron chi connectivity index (χ1n) is 16.8. The number of hydrogen-bond donors (Lipinski definition) is 8. The molecule has 2 aromatic rings. The molecular formula is C35H48N2O15. The molecule has 17 nitrogen and oxygen atoms in total. The lowest BCUT2D eigenvalue weighted by atomic mass is 9.95. The van der Waals surface area contributed by atoms with Gasteiger partial charge in [-0.05, 0) is 29.2 Å². The number of methoxy groups -OCH3 is 1. The van der Waals surface area contributed by atoms with Crippen molar-refractivity contribution in [1.29, 1.82) is 0 Å². The minimum Gasteiger partial charge on any atom is -0.467 e. The molecule has 2 heterocycles. The molecule has 4 rings (SSSR count). The van der Waals surface area contributed by atoms with E-state index in [0.29, 0.717) is 5.56 Å². The Bertz CT molecular complexity index is 1430. The first kappa shape index (κ1) is 40.9. The number of benzene rings is 2. The van der Waals surface area contributed by atoms with Crippen LogP contribution < -0.4 is 15.4 Å². The van der Waals surface area contributed by atoms with Gasteiger partial charge in [0.15, 0.2) is 6.29 Å². The molecule has 0 aliphatic carbocycles. The lowest BCUT2D eigenvalue weighted by molar-refractivity contribution is -0.344. The number of carbonyl (C=O) groups excluding carboxylic acids is 3. The van der Waals surface area contributed by atoms with Crippen LogP contribution in [0.5, 0.6) is 5.75 Å². The summed E-state index contributed by atoms with van der Waals surface area (Å²) in [5, 5.41) is 68.5. The third-order valence-corrected chi connectivity index (χ3v) is 8.53. The fourth-order valence-electron chi connectivity index (χ4n) is 5.78. The van der Waals surface area contributed by atoms with Gasteiger partial charge in [-0.1, -0.05) is 56.3 Å². The van der Waals surface area contributed by atoms with Gasteiger partial charge in [-0.25, -0.2) is 9.59 Å². The Balaban J connectivity index is 1.34. The van der Waals surface area contributed by atoms with Crippen LogP contribution in [0.1, 0.15) is 31.4 Å². The second-order valence-electron chi connectivity index (χ2n) is 13.0. The molecule has 0 bridgehead atoms. The number of aliphatic hydroxyl groups is 6. The summed E-state index contributed by atoms with van der Waals surface area (Å²) in [5.41, 5.74) is 1.36. The maximum atomic E-state index is 12.4. The van der Waals surface area contributed by atoms with Crippen molar-refractivity contribution in [3.05, 3.63) is 65.7 Å². The fraction of sp³-hybridized carbons (Fsp3) is 0.571. The van der Waals surface area contributed by atoms with E-state index < -0.39 is 98.6 Å². The number of nitrogens with one attached hydrogen (secondary N) is 2. The lowest BCUT2D eigenvalue weighted by Crippen LogP contribution is -2.67. The van der Waals surface area contributed by atoms with Crippen molar-refractivity contribution in [1.82, 2.24) is 10.6 Å². The van der Waals surface area contributed by atoms with Gasteiger partial charge in [0.2, 0.25) is 12.2 Å². The van der Waals surface area contributed by atoms with Crippen LogP contribution in [0.25, 0.3) is 0 Å². The topological polar surface area (TPSA) is 252 Å².